The number of halogens is 1. The van der Waals surface area contributed by atoms with Crippen LogP contribution in [0.2, 0.25) is 0 Å². The number of unbranched alkanes of at least 4 members (excludes halogenated alkanes) is 8. The molecule has 0 atom stereocenters. The summed E-state index contributed by atoms with van der Waals surface area (Å²) in [5.74, 6) is -0.0129. The van der Waals surface area contributed by atoms with Gasteiger partial charge >= 0.3 is 5.97 Å². The fraction of sp³-hybridized carbons (Fsp3) is 0.950. The summed E-state index contributed by atoms with van der Waals surface area (Å²) in [6, 6.07) is 0. The van der Waals surface area contributed by atoms with Crippen LogP contribution in [-0.2, 0) is 9.53 Å². The van der Waals surface area contributed by atoms with Crippen molar-refractivity contribution in [1.29, 1.82) is 0 Å². The Labute approximate surface area is 157 Å². The number of ether oxygens (including phenoxy) is 1. The highest BCUT2D eigenvalue weighted by atomic mass is 35.5. The molecular formula is C20H42ClNO2. The van der Waals surface area contributed by atoms with Crippen molar-refractivity contribution >= 4 is 5.97 Å². The summed E-state index contributed by atoms with van der Waals surface area (Å²) < 4.78 is 6.32. The van der Waals surface area contributed by atoms with Gasteiger partial charge in [-0.1, -0.05) is 58.8 Å². The monoisotopic (exact) mass is 363 g/mol. The fourth-order valence-electron chi connectivity index (χ4n) is 2.87. The molecule has 0 aromatic carbocycles. The van der Waals surface area contributed by atoms with Gasteiger partial charge in [-0.25, -0.2) is 0 Å². The van der Waals surface area contributed by atoms with Gasteiger partial charge in [-0.3, -0.25) is 4.79 Å². The SMILES string of the molecule is CCCCCCCC[N+](C)(C)CCCC(=O)OCCCCCC.[Cl-]. The van der Waals surface area contributed by atoms with Gasteiger partial charge in [0.1, 0.15) is 0 Å². The van der Waals surface area contributed by atoms with E-state index in [9.17, 15) is 4.79 Å². The van der Waals surface area contributed by atoms with Crippen LogP contribution in [0.4, 0.5) is 0 Å². The van der Waals surface area contributed by atoms with E-state index in [4.69, 9.17) is 4.74 Å². The molecule has 0 heterocycles. The first kappa shape index (κ1) is 26.0. The minimum Gasteiger partial charge on any atom is -1.00 e. The standard InChI is InChI=1S/C20H42NO2.ClH/c1-5-7-9-11-12-13-17-21(3,4)18-15-16-20(22)23-19-14-10-8-6-2;/h5-19H2,1-4H3;1H/q+1;/p-1. The highest BCUT2D eigenvalue weighted by molar-refractivity contribution is 5.69. The van der Waals surface area contributed by atoms with Crippen molar-refractivity contribution in [3.63, 3.8) is 0 Å². The van der Waals surface area contributed by atoms with E-state index in [0.717, 1.165) is 23.9 Å². The summed E-state index contributed by atoms with van der Waals surface area (Å²) in [7, 11) is 4.56. The third-order valence-corrected chi connectivity index (χ3v) is 4.52. The lowest BCUT2D eigenvalue weighted by atomic mass is 10.1. The minimum absolute atomic E-state index is 0. The molecule has 0 aromatic heterocycles. The van der Waals surface area contributed by atoms with E-state index in [0.29, 0.717) is 13.0 Å². The molecule has 3 nitrogen and oxygen atoms in total. The Morgan fingerprint density at radius 1 is 0.750 bits per heavy atom. The summed E-state index contributed by atoms with van der Waals surface area (Å²) in [4.78, 5) is 11.7. The smallest absolute Gasteiger partial charge is 0.306 e. The van der Waals surface area contributed by atoms with Crippen molar-refractivity contribution in [3.8, 4) is 0 Å². The minimum atomic E-state index is -0.0129. The van der Waals surface area contributed by atoms with Gasteiger partial charge in [0.2, 0.25) is 0 Å². The first-order chi connectivity index (χ1) is 11.0. The van der Waals surface area contributed by atoms with Crippen molar-refractivity contribution in [1.82, 2.24) is 0 Å². The van der Waals surface area contributed by atoms with E-state index >= 15 is 0 Å². The van der Waals surface area contributed by atoms with Crippen molar-refractivity contribution in [2.75, 3.05) is 33.8 Å². The summed E-state index contributed by atoms with van der Waals surface area (Å²) in [6.07, 6.45) is 14.3. The summed E-state index contributed by atoms with van der Waals surface area (Å²) in [5.41, 5.74) is 0. The highest BCUT2D eigenvalue weighted by Gasteiger charge is 2.15. The number of carbonyl (C=O) groups excluding carboxylic acids is 1. The van der Waals surface area contributed by atoms with E-state index < -0.39 is 0 Å². The molecule has 24 heavy (non-hydrogen) atoms. The number of hydrogen-bond donors (Lipinski definition) is 0. The first-order valence-corrected chi connectivity index (χ1v) is 9.99. The van der Waals surface area contributed by atoms with E-state index in [2.05, 4.69) is 27.9 Å². The molecule has 0 aromatic rings. The molecule has 0 unspecified atom stereocenters. The molecule has 0 fully saturated rings. The second kappa shape index (κ2) is 17.5. The van der Waals surface area contributed by atoms with Crippen LogP contribution in [0.15, 0.2) is 0 Å². The third-order valence-electron chi connectivity index (χ3n) is 4.52. The fourth-order valence-corrected chi connectivity index (χ4v) is 2.87. The van der Waals surface area contributed by atoms with E-state index in [-0.39, 0.29) is 18.4 Å². The zero-order valence-electron chi connectivity index (χ0n) is 16.7. The van der Waals surface area contributed by atoms with Gasteiger partial charge < -0.3 is 21.6 Å². The maximum Gasteiger partial charge on any atom is 0.306 e. The average Bonchev–Trinajstić information content (AvgIpc) is 2.50. The second-order valence-electron chi connectivity index (χ2n) is 7.54. The van der Waals surface area contributed by atoms with Crippen LogP contribution in [0.1, 0.15) is 90.9 Å². The van der Waals surface area contributed by atoms with Gasteiger partial charge in [-0.15, -0.1) is 0 Å². The van der Waals surface area contributed by atoms with Gasteiger partial charge in [0, 0.05) is 6.42 Å². The molecule has 0 spiro atoms. The molecule has 0 radical (unpaired) electrons. The lowest BCUT2D eigenvalue weighted by Crippen LogP contribution is -3.00. The number of nitrogens with zero attached hydrogens (tertiary/aromatic N) is 1. The Morgan fingerprint density at radius 2 is 1.25 bits per heavy atom. The molecule has 0 saturated carbocycles. The lowest BCUT2D eigenvalue weighted by Gasteiger charge is -2.29. The van der Waals surface area contributed by atoms with Crippen LogP contribution < -0.4 is 12.4 Å². The van der Waals surface area contributed by atoms with Crippen LogP contribution in [-0.4, -0.2) is 44.2 Å². The Balaban J connectivity index is 0. The Morgan fingerprint density at radius 3 is 1.88 bits per heavy atom. The molecule has 0 bridgehead atoms. The number of esters is 1. The zero-order chi connectivity index (χ0) is 17.4. The van der Waals surface area contributed by atoms with Crippen molar-refractivity contribution in [2.24, 2.45) is 0 Å². The Bertz CT molecular complexity index is 283. The normalized spacial score (nSPS) is 11.2. The molecule has 0 aliphatic rings. The molecule has 0 aliphatic heterocycles. The molecule has 0 amide bonds. The lowest BCUT2D eigenvalue weighted by molar-refractivity contribution is -0.890. The summed E-state index contributed by atoms with van der Waals surface area (Å²) >= 11 is 0. The summed E-state index contributed by atoms with van der Waals surface area (Å²) in [5, 5.41) is 0. The molecule has 146 valence electrons. The molecule has 0 rings (SSSR count). The van der Waals surface area contributed by atoms with Crippen LogP contribution in [0.3, 0.4) is 0 Å². The van der Waals surface area contributed by atoms with Gasteiger partial charge in [-0.05, 0) is 19.3 Å². The van der Waals surface area contributed by atoms with E-state index in [1.54, 1.807) is 0 Å². The maximum atomic E-state index is 11.7. The topological polar surface area (TPSA) is 26.3 Å². The Kier molecular flexibility index (Phi) is 19.0. The average molecular weight is 364 g/mol. The van der Waals surface area contributed by atoms with Crippen molar-refractivity contribution in [2.45, 2.75) is 90.9 Å². The van der Waals surface area contributed by atoms with Gasteiger partial charge in [0.05, 0.1) is 40.2 Å². The number of carbonyl (C=O) groups is 1. The van der Waals surface area contributed by atoms with Crippen LogP contribution >= 0.6 is 0 Å². The first-order valence-electron chi connectivity index (χ1n) is 9.99. The highest BCUT2D eigenvalue weighted by Crippen LogP contribution is 2.10. The summed E-state index contributed by atoms with van der Waals surface area (Å²) in [6.45, 7) is 7.35. The van der Waals surface area contributed by atoms with Crippen LogP contribution in [0.25, 0.3) is 0 Å². The molecule has 0 N–H and O–H groups in total. The number of rotatable bonds is 16. The largest absolute Gasteiger partial charge is 1.00 e. The molecular weight excluding hydrogens is 322 g/mol. The maximum absolute atomic E-state index is 11.7. The molecule has 0 saturated heterocycles. The van der Waals surface area contributed by atoms with Crippen LogP contribution in [0.5, 0.6) is 0 Å². The quantitative estimate of drug-likeness (QED) is 0.239. The van der Waals surface area contributed by atoms with Crippen molar-refractivity contribution in [3.05, 3.63) is 0 Å². The Hall–Kier alpha value is -0.280. The van der Waals surface area contributed by atoms with Gasteiger partial charge in [0.15, 0.2) is 0 Å². The zero-order valence-corrected chi connectivity index (χ0v) is 17.5. The molecule has 0 aliphatic carbocycles. The predicted molar refractivity (Wildman–Crippen MR) is 99.6 cm³/mol. The van der Waals surface area contributed by atoms with Crippen molar-refractivity contribution < 1.29 is 26.4 Å². The predicted octanol–water partition coefficient (Wildman–Crippen LogP) is 2.33. The van der Waals surface area contributed by atoms with Crippen LogP contribution in [0, 0.1) is 0 Å². The second-order valence-corrected chi connectivity index (χ2v) is 7.54. The third kappa shape index (κ3) is 18.1. The van der Waals surface area contributed by atoms with E-state index in [1.165, 1.54) is 64.3 Å². The van der Waals surface area contributed by atoms with Gasteiger partial charge in [0.25, 0.3) is 0 Å². The molecule has 4 heteroatoms. The number of hydrogen-bond acceptors (Lipinski definition) is 2. The number of quaternary nitrogens is 1. The van der Waals surface area contributed by atoms with Gasteiger partial charge in [-0.2, -0.15) is 0 Å². The van der Waals surface area contributed by atoms with E-state index in [1.807, 2.05) is 0 Å².